The maximum absolute atomic E-state index is 11.4. The van der Waals surface area contributed by atoms with Crippen LogP contribution in [0.25, 0.3) is 0 Å². The molecule has 0 bridgehead atoms. The third-order valence-corrected chi connectivity index (χ3v) is 3.22. The van der Waals surface area contributed by atoms with Crippen molar-refractivity contribution < 1.29 is 19.6 Å². The third kappa shape index (κ3) is 3.60. The number of benzene rings is 1. The van der Waals surface area contributed by atoms with E-state index in [4.69, 9.17) is 4.74 Å². The summed E-state index contributed by atoms with van der Waals surface area (Å²) in [5.41, 5.74) is 0.257. The quantitative estimate of drug-likeness (QED) is 0.603. The number of carbonyl (C=O) groups is 1. The van der Waals surface area contributed by atoms with E-state index in [9.17, 15) is 20.0 Å². The van der Waals surface area contributed by atoms with Crippen LogP contribution in [0.3, 0.4) is 0 Å². The summed E-state index contributed by atoms with van der Waals surface area (Å²) < 4.78 is 5.54. The number of amides is 2. The second kappa shape index (κ2) is 6.40. The molecule has 114 valence electrons. The first-order valence-electron chi connectivity index (χ1n) is 6.61. The molecule has 2 amide bonds. The van der Waals surface area contributed by atoms with Gasteiger partial charge in [0.05, 0.1) is 17.6 Å². The van der Waals surface area contributed by atoms with Crippen LogP contribution < -0.4 is 10.1 Å². The van der Waals surface area contributed by atoms with Gasteiger partial charge in [0, 0.05) is 30.8 Å². The Morgan fingerprint density at radius 2 is 2.33 bits per heavy atom. The van der Waals surface area contributed by atoms with Gasteiger partial charge in [-0.15, -0.1) is 0 Å². The Hall–Kier alpha value is -2.35. The van der Waals surface area contributed by atoms with E-state index in [1.165, 1.54) is 25.1 Å². The van der Waals surface area contributed by atoms with Gasteiger partial charge in [0.1, 0.15) is 12.4 Å². The second-order valence-electron chi connectivity index (χ2n) is 4.72. The number of carbonyl (C=O) groups excluding carboxylic acids is 1. The highest BCUT2D eigenvalue weighted by Crippen LogP contribution is 2.29. The van der Waals surface area contributed by atoms with Gasteiger partial charge in [0.25, 0.3) is 5.69 Å². The number of aliphatic hydroxyl groups excluding tert-OH is 1. The van der Waals surface area contributed by atoms with Crippen molar-refractivity contribution in [3.05, 3.63) is 33.9 Å². The van der Waals surface area contributed by atoms with E-state index < -0.39 is 11.0 Å². The molecule has 1 aromatic carbocycles. The minimum Gasteiger partial charge on any atom is -0.491 e. The normalized spacial score (nSPS) is 15.7. The third-order valence-electron chi connectivity index (χ3n) is 3.22. The molecule has 1 aromatic rings. The number of aliphatic hydroxyl groups is 1. The molecule has 0 aromatic heterocycles. The van der Waals surface area contributed by atoms with Crippen molar-refractivity contribution in [1.29, 1.82) is 0 Å². The molecular formula is C13H17N3O5. The number of rotatable bonds is 6. The molecule has 1 aliphatic heterocycles. The lowest BCUT2D eigenvalue weighted by atomic mass is 10.1. The van der Waals surface area contributed by atoms with Crippen LogP contribution in [0.15, 0.2) is 18.2 Å². The van der Waals surface area contributed by atoms with Gasteiger partial charge in [-0.1, -0.05) is 0 Å². The highest BCUT2D eigenvalue weighted by Gasteiger charge is 2.20. The highest BCUT2D eigenvalue weighted by molar-refractivity contribution is 5.76. The second-order valence-corrected chi connectivity index (χ2v) is 4.72. The summed E-state index contributed by atoms with van der Waals surface area (Å²) in [6.45, 7) is 3.44. The lowest BCUT2D eigenvalue weighted by Crippen LogP contribution is -2.31. The van der Waals surface area contributed by atoms with Gasteiger partial charge in [-0.3, -0.25) is 10.1 Å². The maximum Gasteiger partial charge on any atom is 0.317 e. The summed E-state index contributed by atoms with van der Waals surface area (Å²) in [6, 6.07) is 3.95. The molecule has 2 rings (SSSR count). The minimum atomic E-state index is -0.880. The Morgan fingerprint density at radius 3 is 2.90 bits per heavy atom. The first-order chi connectivity index (χ1) is 9.99. The van der Waals surface area contributed by atoms with E-state index in [1.54, 1.807) is 4.90 Å². The summed E-state index contributed by atoms with van der Waals surface area (Å²) in [6.07, 6.45) is -0.880. The van der Waals surface area contributed by atoms with Gasteiger partial charge in [-0.05, 0) is 13.0 Å². The maximum atomic E-state index is 11.4. The van der Waals surface area contributed by atoms with Crippen LogP contribution in [0.4, 0.5) is 10.5 Å². The van der Waals surface area contributed by atoms with Gasteiger partial charge < -0.3 is 20.1 Å². The number of hydrogen-bond acceptors (Lipinski definition) is 5. The lowest BCUT2D eigenvalue weighted by Gasteiger charge is -2.17. The van der Waals surface area contributed by atoms with Crippen LogP contribution in [0.2, 0.25) is 0 Å². The van der Waals surface area contributed by atoms with E-state index in [-0.39, 0.29) is 18.3 Å². The highest BCUT2D eigenvalue weighted by atomic mass is 16.6. The van der Waals surface area contributed by atoms with Crippen LogP contribution >= 0.6 is 0 Å². The number of nitro groups is 1. The molecule has 1 fully saturated rings. The molecule has 2 N–H and O–H groups in total. The fourth-order valence-electron chi connectivity index (χ4n) is 2.10. The number of nitro benzene ring substituents is 1. The summed E-state index contributed by atoms with van der Waals surface area (Å²) in [4.78, 5) is 23.2. The first-order valence-corrected chi connectivity index (χ1v) is 6.61. The standard InChI is InChI=1S/C13H17N3O5/c1-9(17)11-8-10(16(19)20)2-3-12(11)21-7-6-15-5-4-14-13(15)18/h2-3,8-9,17H,4-7H2,1H3,(H,14,18)/t9-/m1/s1. The number of hydrogen-bond donors (Lipinski definition) is 2. The summed E-state index contributed by atoms with van der Waals surface area (Å²) >= 11 is 0. The molecule has 1 atom stereocenters. The molecule has 0 spiro atoms. The Bertz CT molecular complexity index is 547. The van der Waals surface area contributed by atoms with Crippen LogP contribution in [-0.4, -0.2) is 47.2 Å². The van der Waals surface area contributed by atoms with Crippen LogP contribution in [0.5, 0.6) is 5.75 Å². The Kier molecular flexibility index (Phi) is 4.59. The van der Waals surface area contributed by atoms with Crippen LogP contribution in [0, 0.1) is 10.1 Å². The molecule has 1 heterocycles. The predicted molar refractivity (Wildman–Crippen MR) is 74.2 cm³/mol. The number of non-ortho nitro benzene ring substituents is 1. The monoisotopic (exact) mass is 295 g/mol. The zero-order valence-corrected chi connectivity index (χ0v) is 11.6. The molecule has 8 nitrogen and oxygen atoms in total. The van der Waals surface area contributed by atoms with E-state index in [0.717, 1.165) is 0 Å². The van der Waals surface area contributed by atoms with E-state index in [0.29, 0.717) is 30.9 Å². The Balaban J connectivity index is 2.01. The van der Waals surface area contributed by atoms with Crippen molar-refractivity contribution in [3.8, 4) is 5.75 Å². The molecule has 21 heavy (non-hydrogen) atoms. The molecule has 0 saturated carbocycles. The van der Waals surface area contributed by atoms with Crippen molar-refractivity contribution in [2.75, 3.05) is 26.2 Å². The van der Waals surface area contributed by atoms with E-state index in [2.05, 4.69) is 5.32 Å². The largest absolute Gasteiger partial charge is 0.491 e. The minimum absolute atomic E-state index is 0.0998. The first kappa shape index (κ1) is 15.0. The fraction of sp³-hybridized carbons (Fsp3) is 0.462. The number of nitrogens with zero attached hydrogens (tertiary/aromatic N) is 2. The van der Waals surface area contributed by atoms with Crippen molar-refractivity contribution in [3.63, 3.8) is 0 Å². The molecule has 0 radical (unpaired) electrons. The Morgan fingerprint density at radius 1 is 1.57 bits per heavy atom. The summed E-state index contributed by atoms with van der Waals surface area (Å²) in [7, 11) is 0. The molecule has 1 saturated heterocycles. The van der Waals surface area contributed by atoms with Crippen molar-refractivity contribution in [1.82, 2.24) is 10.2 Å². The zero-order valence-electron chi connectivity index (χ0n) is 11.6. The van der Waals surface area contributed by atoms with Gasteiger partial charge in [0.15, 0.2) is 0 Å². The average molecular weight is 295 g/mol. The van der Waals surface area contributed by atoms with Gasteiger partial charge in [0.2, 0.25) is 0 Å². The lowest BCUT2D eigenvalue weighted by molar-refractivity contribution is -0.385. The topological polar surface area (TPSA) is 105 Å². The molecular weight excluding hydrogens is 278 g/mol. The number of urea groups is 1. The van der Waals surface area contributed by atoms with Gasteiger partial charge in [-0.25, -0.2) is 4.79 Å². The SMILES string of the molecule is C[C@@H](O)c1cc([N+](=O)[O-])ccc1OCCN1CCNC1=O. The smallest absolute Gasteiger partial charge is 0.317 e. The molecule has 0 unspecified atom stereocenters. The summed E-state index contributed by atoms with van der Waals surface area (Å²) in [5.74, 6) is 0.384. The number of nitrogens with one attached hydrogen (secondary N) is 1. The van der Waals surface area contributed by atoms with Crippen LogP contribution in [0.1, 0.15) is 18.6 Å². The zero-order chi connectivity index (χ0) is 15.4. The summed E-state index contributed by atoms with van der Waals surface area (Å²) in [5, 5.41) is 23.1. The fourth-order valence-corrected chi connectivity index (χ4v) is 2.10. The van der Waals surface area contributed by atoms with Crippen LogP contribution in [-0.2, 0) is 0 Å². The van der Waals surface area contributed by atoms with Crippen molar-refractivity contribution in [2.24, 2.45) is 0 Å². The molecule has 1 aliphatic rings. The predicted octanol–water partition coefficient (Wildman–Crippen LogP) is 1.05. The Labute approximate surface area is 121 Å². The molecule has 8 heteroatoms. The van der Waals surface area contributed by atoms with Gasteiger partial charge in [-0.2, -0.15) is 0 Å². The van der Waals surface area contributed by atoms with Crippen molar-refractivity contribution >= 4 is 11.7 Å². The van der Waals surface area contributed by atoms with E-state index >= 15 is 0 Å². The van der Waals surface area contributed by atoms with Gasteiger partial charge >= 0.3 is 6.03 Å². The molecule has 0 aliphatic carbocycles. The van der Waals surface area contributed by atoms with E-state index in [1.807, 2.05) is 0 Å². The average Bonchev–Trinajstić information content (AvgIpc) is 2.84. The van der Waals surface area contributed by atoms with Crippen molar-refractivity contribution in [2.45, 2.75) is 13.0 Å². The number of ether oxygens (including phenoxy) is 1.